The number of thioether (sulfide) groups is 1. The molecule has 0 spiro atoms. The fraction of sp³-hybridized carbons (Fsp3) is 0.417. The Balaban J connectivity index is 1.36. The standard InChI is InChI=1S/C24H25F5N6O3S2/c1-14-31-33-35(32-14)13-16-12-17(24(27,28)29)4-2-15(16)3-7-21(36)34-10-8-18(9-11-34)39-19-5-6-20(40(30,37)38)23(26)22(19)25/h2,4-6,12,18H,3,7-11,13H2,1H3,(H2,30,37,38). The molecule has 16 heteroatoms. The van der Waals surface area contributed by atoms with Gasteiger partial charge in [0.15, 0.2) is 17.5 Å². The largest absolute Gasteiger partial charge is 0.416 e. The number of alkyl halides is 3. The van der Waals surface area contributed by atoms with Gasteiger partial charge in [-0.2, -0.15) is 18.0 Å². The highest BCUT2D eigenvalue weighted by Crippen LogP contribution is 2.35. The zero-order chi connectivity index (χ0) is 29.2. The molecule has 0 aliphatic carbocycles. The summed E-state index contributed by atoms with van der Waals surface area (Å²) in [7, 11) is -4.40. The first-order valence-corrected chi connectivity index (χ1v) is 14.5. The molecule has 3 aromatic rings. The fourth-order valence-electron chi connectivity index (χ4n) is 4.36. The van der Waals surface area contributed by atoms with Crippen molar-refractivity contribution in [3.05, 3.63) is 64.5 Å². The van der Waals surface area contributed by atoms with E-state index in [2.05, 4.69) is 15.4 Å². The molecule has 4 rings (SSSR count). The Morgan fingerprint density at radius 1 is 1.10 bits per heavy atom. The van der Waals surface area contributed by atoms with Crippen molar-refractivity contribution in [1.82, 2.24) is 25.1 Å². The lowest BCUT2D eigenvalue weighted by atomic mass is 9.99. The zero-order valence-corrected chi connectivity index (χ0v) is 22.8. The van der Waals surface area contributed by atoms with Crippen LogP contribution in [0.4, 0.5) is 22.0 Å². The molecule has 0 saturated carbocycles. The quantitative estimate of drug-likeness (QED) is 0.389. The van der Waals surface area contributed by atoms with E-state index in [-0.39, 0.29) is 35.4 Å². The average Bonchev–Trinajstić information content (AvgIpc) is 3.29. The van der Waals surface area contributed by atoms with Gasteiger partial charge in [0.05, 0.1) is 12.1 Å². The molecule has 1 aliphatic rings. The SMILES string of the molecule is Cc1nnn(Cc2cc(C(F)(F)F)ccc2CCC(=O)N2CCC(Sc3ccc(S(N)(=O)=O)c(F)c3F)CC2)n1. The molecule has 2 N–H and O–H groups in total. The number of rotatable bonds is 8. The maximum absolute atomic E-state index is 14.4. The van der Waals surface area contributed by atoms with E-state index in [0.717, 1.165) is 36.0 Å². The Morgan fingerprint density at radius 2 is 1.80 bits per heavy atom. The lowest BCUT2D eigenvalue weighted by Crippen LogP contribution is -2.39. The van der Waals surface area contributed by atoms with Gasteiger partial charge in [-0.1, -0.05) is 6.07 Å². The molecule has 0 radical (unpaired) electrons. The Labute approximate surface area is 231 Å². The third-order valence-corrected chi connectivity index (χ3v) is 8.72. The second kappa shape index (κ2) is 11.8. The molecule has 40 heavy (non-hydrogen) atoms. The minimum Gasteiger partial charge on any atom is -0.343 e. The third kappa shape index (κ3) is 7.14. The number of carbonyl (C=O) groups is 1. The second-order valence-corrected chi connectivity index (χ2v) is 12.2. The van der Waals surface area contributed by atoms with Gasteiger partial charge >= 0.3 is 6.18 Å². The van der Waals surface area contributed by atoms with Crippen LogP contribution in [0.25, 0.3) is 0 Å². The van der Waals surface area contributed by atoms with Crippen molar-refractivity contribution in [2.45, 2.75) is 60.4 Å². The Morgan fingerprint density at radius 3 is 2.40 bits per heavy atom. The number of aromatic nitrogens is 4. The van der Waals surface area contributed by atoms with Crippen LogP contribution in [0.5, 0.6) is 0 Å². The highest BCUT2D eigenvalue weighted by Gasteiger charge is 2.31. The molecule has 0 unspecified atom stereocenters. The summed E-state index contributed by atoms with van der Waals surface area (Å²) < 4.78 is 91.2. The van der Waals surface area contributed by atoms with E-state index in [9.17, 15) is 35.2 Å². The van der Waals surface area contributed by atoms with Crippen LogP contribution in [0.3, 0.4) is 0 Å². The van der Waals surface area contributed by atoms with Gasteiger partial charge in [-0.15, -0.1) is 22.0 Å². The van der Waals surface area contributed by atoms with E-state index < -0.39 is 38.3 Å². The number of sulfonamides is 1. The summed E-state index contributed by atoms with van der Waals surface area (Å²) in [5, 5.41) is 16.3. The summed E-state index contributed by atoms with van der Waals surface area (Å²) in [5.74, 6) is -2.63. The number of amides is 1. The van der Waals surface area contributed by atoms with Crippen LogP contribution < -0.4 is 5.14 Å². The number of benzene rings is 2. The number of halogens is 5. The third-order valence-electron chi connectivity index (χ3n) is 6.41. The molecule has 0 atom stereocenters. The van der Waals surface area contributed by atoms with E-state index in [1.54, 1.807) is 11.8 Å². The second-order valence-electron chi connectivity index (χ2n) is 9.28. The number of likely N-dealkylation sites (tertiary alicyclic amines) is 1. The minimum atomic E-state index is -4.53. The maximum atomic E-state index is 14.4. The number of hydrogen-bond acceptors (Lipinski definition) is 7. The minimum absolute atomic E-state index is 0.0355. The summed E-state index contributed by atoms with van der Waals surface area (Å²) in [4.78, 5) is 14.7. The van der Waals surface area contributed by atoms with Crippen molar-refractivity contribution in [1.29, 1.82) is 0 Å². The van der Waals surface area contributed by atoms with Gasteiger partial charge in [0, 0.05) is 29.7 Å². The molecule has 1 amide bonds. The van der Waals surface area contributed by atoms with Crippen molar-refractivity contribution in [2.75, 3.05) is 13.1 Å². The van der Waals surface area contributed by atoms with Crippen molar-refractivity contribution in [3.8, 4) is 0 Å². The first kappa shape index (κ1) is 29.9. The van der Waals surface area contributed by atoms with Crippen LogP contribution in [0, 0.1) is 18.6 Å². The van der Waals surface area contributed by atoms with Crippen LogP contribution in [-0.2, 0) is 34.0 Å². The number of tetrazole rings is 1. The number of primary sulfonamides is 1. The van der Waals surface area contributed by atoms with Gasteiger partial charge < -0.3 is 4.90 Å². The molecule has 1 saturated heterocycles. The van der Waals surface area contributed by atoms with Crippen LogP contribution in [0.15, 0.2) is 40.1 Å². The van der Waals surface area contributed by atoms with Crippen LogP contribution in [-0.4, -0.2) is 57.8 Å². The first-order valence-electron chi connectivity index (χ1n) is 12.1. The first-order chi connectivity index (χ1) is 18.7. The van der Waals surface area contributed by atoms with E-state index in [1.165, 1.54) is 10.9 Å². The average molecular weight is 605 g/mol. The number of carbonyl (C=O) groups excluding carboxylic acids is 1. The summed E-state index contributed by atoms with van der Waals surface area (Å²) >= 11 is 1.06. The number of hydrogen-bond donors (Lipinski definition) is 1. The monoisotopic (exact) mass is 604 g/mol. The van der Waals surface area contributed by atoms with E-state index in [4.69, 9.17) is 5.14 Å². The van der Waals surface area contributed by atoms with Gasteiger partial charge in [-0.05, 0) is 66.8 Å². The van der Waals surface area contributed by atoms with Crippen molar-refractivity contribution in [2.24, 2.45) is 5.14 Å². The Hall–Kier alpha value is -3.11. The predicted molar refractivity (Wildman–Crippen MR) is 135 cm³/mol. The van der Waals surface area contributed by atoms with Crippen LogP contribution in [0.2, 0.25) is 0 Å². The van der Waals surface area contributed by atoms with E-state index in [0.29, 0.717) is 42.9 Å². The van der Waals surface area contributed by atoms with Crippen molar-refractivity contribution >= 4 is 27.7 Å². The highest BCUT2D eigenvalue weighted by atomic mass is 32.2. The molecule has 0 bridgehead atoms. The van der Waals surface area contributed by atoms with Gasteiger partial charge in [0.1, 0.15) is 4.90 Å². The lowest BCUT2D eigenvalue weighted by molar-refractivity contribution is -0.137. The molecule has 1 aromatic heterocycles. The summed E-state index contributed by atoms with van der Waals surface area (Å²) in [6, 6.07) is 5.44. The molecular weight excluding hydrogens is 579 g/mol. The summed E-state index contributed by atoms with van der Waals surface area (Å²) in [5.41, 5.74) is 0.0737. The van der Waals surface area contributed by atoms with Gasteiger partial charge in [-0.25, -0.2) is 22.3 Å². The molecule has 1 aliphatic heterocycles. The molecule has 216 valence electrons. The fourth-order valence-corrected chi connectivity index (χ4v) is 6.11. The van der Waals surface area contributed by atoms with Crippen molar-refractivity contribution < 1.29 is 35.2 Å². The van der Waals surface area contributed by atoms with E-state index >= 15 is 0 Å². The number of piperidine rings is 1. The van der Waals surface area contributed by atoms with Gasteiger partial charge in [0.2, 0.25) is 15.9 Å². The topological polar surface area (TPSA) is 124 Å². The number of nitrogens with two attached hydrogens (primary N) is 1. The Kier molecular flexibility index (Phi) is 8.80. The summed E-state index contributed by atoms with van der Waals surface area (Å²) in [6.45, 7) is 2.29. The number of aryl methyl sites for hydroxylation is 2. The number of nitrogens with zero attached hydrogens (tertiary/aromatic N) is 5. The molecular formula is C24H25F5N6O3S2. The molecule has 9 nitrogen and oxygen atoms in total. The van der Waals surface area contributed by atoms with Crippen LogP contribution >= 0.6 is 11.8 Å². The zero-order valence-electron chi connectivity index (χ0n) is 21.2. The molecule has 1 fully saturated rings. The summed E-state index contributed by atoms with van der Waals surface area (Å²) in [6.07, 6.45) is -3.30. The smallest absolute Gasteiger partial charge is 0.343 e. The van der Waals surface area contributed by atoms with Crippen molar-refractivity contribution in [3.63, 3.8) is 0 Å². The lowest BCUT2D eigenvalue weighted by Gasteiger charge is -2.32. The van der Waals surface area contributed by atoms with Gasteiger partial charge in [-0.3, -0.25) is 4.79 Å². The highest BCUT2D eigenvalue weighted by molar-refractivity contribution is 8.00. The Bertz CT molecular complexity index is 1510. The van der Waals surface area contributed by atoms with Gasteiger partial charge in [0.25, 0.3) is 0 Å². The maximum Gasteiger partial charge on any atom is 0.416 e. The predicted octanol–water partition coefficient (Wildman–Crippen LogP) is 3.69. The normalized spacial score (nSPS) is 15.0. The molecule has 2 heterocycles. The van der Waals surface area contributed by atoms with E-state index in [1.807, 2.05) is 0 Å². The van der Waals surface area contributed by atoms with Crippen LogP contribution in [0.1, 0.15) is 41.8 Å². The molecule has 2 aromatic carbocycles.